The van der Waals surface area contributed by atoms with E-state index < -0.39 is 0 Å². The van der Waals surface area contributed by atoms with Gasteiger partial charge < -0.3 is 24.3 Å². The van der Waals surface area contributed by atoms with Gasteiger partial charge in [-0.2, -0.15) is 0 Å². The van der Waals surface area contributed by atoms with Crippen LogP contribution >= 0.6 is 0 Å². The van der Waals surface area contributed by atoms with Crippen molar-refractivity contribution in [1.82, 2.24) is 14.8 Å². The number of pyridine rings is 1. The van der Waals surface area contributed by atoms with Crippen LogP contribution in [-0.2, 0) is 0 Å². The molecule has 0 amide bonds. The van der Waals surface area contributed by atoms with Gasteiger partial charge in [0.05, 0.1) is 24.1 Å². The van der Waals surface area contributed by atoms with E-state index in [9.17, 15) is 4.79 Å². The fraction of sp³-hybridized carbons (Fsp3) is 0.581. The van der Waals surface area contributed by atoms with Crippen molar-refractivity contribution in [2.24, 2.45) is 0 Å². The molecule has 0 aliphatic heterocycles. The summed E-state index contributed by atoms with van der Waals surface area (Å²) in [6.07, 6.45) is 6.67. The molecule has 204 valence electrons. The molecular formula is C31H47N3O3. The number of aromatic nitrogens is 1. The molecule has 6 heteroatoms. The third kappa shape index (κ3) is 8.75. The molecule has 37 heavy (non-hydrogen) atoms. The Labute approximate surface area is 222 Å². The molecule has 0 aliphatic carbocycles. The van der Waals surface area contributed by atoms with E-state index in [1.807, 2.05) is 36.4 Å². The Morgan fingerprint density at radius 2 is 1.11 bits per heavy atom. The summed E-state index contributed by atoms with van der Waals surface area (Å²) in [6, 6.07) is 11.8. The maximum atomic E-state index is 12.9. The van der Waals surface area contributed by atoms with Crippen molar-refractivity contribution >= 4 is 21.7 Å². The topological polar surface area (TPSA) is 57.8 Å². The van der Waals surface area contributed by atoms with Crippen LogP contribution in [0.5, 0.6) is 11.5 Å². The molecule has 0 radical (unpaired) electrons. The van der Waals surface area contributed by atoms with Crippen molar-refractivity contribution in [1.29, 1.82) is 0 Å². The first-order valence-electron chi connectivity index (χ1n) is 14.4. The van der Waals surface area contributed by atoms with Gasteiger partial charge in [-0.3, -0.25) is 4.79 Å². The molecule has 0 atom stereocenters. The quantitative estimate of drug-likeness (QED) is 0.157. The van der Waals surface area contributed by atoms with Crippen LogP contribution in [0.15, 0.2) is 41.2 Å². The lowest BCUT2D eigenvalue weighted by atomic mass is 10.1. The van der Waals surface area contributed by atoms with E-state index in [0.29, 0.717) is 18.6 Å². The summed E-state index contributed by atoms with van der Waals surface area (Å²) in [7, 11) is 0. The Hall–Kier alpha value is -2.57. The van der Waals surface area contributed by atoms with E-state index in [1.165, 1.54) is 25.7 Å². The van der Waals surface area contributed by atoms with Crippen LogP contribution in [0.3, 0.4) is 0 Å². The van der Waals surface area contributed by atoms with Gasteiger partial charge in [0.1, 0.15) is 11.5 Å². The Morgan fingerprint density at radius 3 is 1.62 bits per heavy atom. The van der Waals surface area contributed by atoms with Crippen molar-refractivity contribution in [3.05, 3.63) is 46.8 Å². The number of nitrogens with zero attached hydrogens (tertiary/aromatic N) is 2. The lowest BCUT2D eigenvalue weighted by molar-refractivity contribution is 0.234. The van der Waals surface area contributed by atoms with Crippen LogP contribution < -0.4 is 15.0 Å². The minimum atomic E-state index is -0.100. The average molecular weight is 510 g/mol. The Balaban J connectivity index is 1.61. The zero-order chi connectivity index (χ0) is 26.5. The normalized spacial score (nSPS) is 11.7. The van der Waals surface area contributed by atoms with Crippen molar-refractivity contribution in [3.63, 3.8) is 0 Å². The summed E-state index contributed by atoms with van der Waals surface area (Å²) in [5.74, 6) is 1.54. The first-order chi connectivity index (χ1) is 18.1. The van der Waals surface area contributed by atoms with E-state index in [1.54, 1.807) is 0 Å². The number of hydrogen-bond acceptors (Lipinski definition) is 5. The largest absolute Gasteiger partial charge is 0.494 e. The molecule has 1 heterocycles. The SMILES string of the molecule is CCCN(CCC)CCCOc1ccc2c(c1)[nH]c(=O)c1cc(OCCCN(CCC)CCC)ccc12. The van der Waals surface area contributed by atoms with Gasteiger partial charge in [0.15, 0.2) is 0 Å². The number of nitrogens with one attached hydrogen (secondary N) is 1. The summed E-state index contributed by atoms with van der Waals surface area (Å²) in [5, 5.41) is 2.61. The van der Waals surface area contributed by atoms with Crippen LogP contribution in [0.1, 0.15) is 66.2 Å². The fourth-order valence-electron chi connectivity index (χ4n) is 5.07. The molecule has 1 N–H and O–H groups in total. The summed E-state index contributed by atoms with van der Waals surface area (Å²) in [5.41, 5.74) is 0.700. The molecule has 2 aromatic carbocycles. The van der Waals surface area contributed by atoms with Gasteiger partial charge in [-0.25, -0.2) is 0 Å². The highest BCUT2D eigenvalue weighted by molar-refractivity contribution is 6.05. The van der Waals surface area contributed by atoms with Gasteiger partial charge in [0.25, 0.3) is 5.56 Å². The molecule has 0 unspecified atom stereocenters. The van der Waals surface area contributed by atoms with Crippen LogP contribution in [0.4, 0.5) is 0 Å². The maximum Gasteiger partial charge on any atom is 0.256 e. The molecule has 0 spiro atoms. The Morgan fingerprint density at radius 1 is 0.622 bits per heavy atom. The van der Waals surface area contributed by atoms with Gasteiger partial charge in [-0.05, 0) is 100 Å². The second-order valence-corrected chi connectivity index (χ2v) is 9.96. The Kier molecular flexibility index (Phi) is 12.2. The monoisotopic (exact) mass is 509 g/mol. The average Bonchev–Trinajstić information content (AvgIpc) is 2.89. The smallest absolute Gasteiger partial charge is 0.256 e. The van der Waals surface area contributed by atoms with E-state index >= 15 is 0 Å². The van der Waals surface area contributed by atoms with Gasteiger partial charge in [-0.1, -0.05) is 27.7 Å². The molecule has 1 aromatic heterocycles. The second kappa shape index (κ2) is 15.6. The lowest BCUT2D eigenvalue weighted by Crippen LogP contribution is -2.27. The molecule has 3 rings (SSSR count). The van der Waals surface area contributed by atoms with Crippen LogP contribution in [0.25, 0.3) is 21.7 Å². The molecular weight excluding hydrogens is 462 g/mol. The lowest BCUT2D eigenvalue weighted by Gasteiger charge is -2.20. The highest BCUT2D eigenvalue weighted by Crippen LogP contribution is 2.27. The fourth-order valence-corrected chi connectivity index (χ4v) is 5.07. The first-order valence-corrected chi connectivity index (χ1v) is 14.4. The van der Waals surface area contributed by atoms with E-state index in [-0.39, 0.29) is 5.56 Å². The second-order valence-electron chi connectivity index (χ2n) is 9.96. The van der Waals surface area contributed by atoms with Crippen LogP contribution in [0, 0.1) is 0 Å². The minimum Gasteiger partial charge on any atom is -0.494 e. The summed E-state index contributed by atoms with van der Waals surface area (Å²) >= 11 is 0. The standard InChI is InChI=1S/C31H47N3O3/c1-5-15-33(16-6-2)19-9-21-36-25-11-13-27-28-14-12-26(24-30(28)32-31(35)29(27)23-25)37-22-10-20-34(17-7-3)18-8-4/h11-14,23-24H,5-10,15-22H2,1-4H3,(H,32,35). The van der Waals surface area contributed by atoms with Crippen molar-refractivity contribution < 1.29 is 9.47 Å². The number of hydrogen-bond donors (Lipinski definition) is 1. The van der Waals surface area contributed by atoms with Crippen LogP contribution in [0.2, 0.25) is 0 Å². The molecule has 3 aromatic rings. The maximum absolute atomic E-state index is 12.9. The van der Waals surface area contributed by atoms with Crippen molar-refractivity contribution in [2.45, 2.75) is 66.2 Å². The number of rotatable bonds is 18. The summed E-state index contributed by atoms with van der Waals surface area (Å²) in [6.45, 7) is 16.9. The summed E-state index contributed by atoms with van der Waals surface area (Å²) in [4.78, 5) is 21.0. The van der Waals surface area contributed by atoms with Gasteiger partial charge in [0, 0.05) is 24.5 Å². The number of fused-ring (bicyclic) bond motifs is 3. The number of ether oxygens (including phenoxy) is 2. The van der Waals surface area contributed by atoms with E-state index in [4.69, 9.17) is 9.47 Å². The van der Waals surface area contributed by atoms with Gasteiger partial charge in [-0.15, -0.1) is 0 Å². The predicted octanol–water partition coefficient (Wildman–Crippen LogP) is 6.46. The zero-order valence-corrected chi connectivity index (χ0v) is 23.5. The summed E-state index contributed by atoms with van der Waals surface area (Å²) < 4.78 is 12.0. The van der Waals surface area contributed by atoms with E-state index in [0.717, 1.165) is 79.9 Å². The Bertz CT molecular complexity index is 1130. The zero-order valence-electron chi connectivity index (χ0n) is 23.5. The highest BCUT2D eigenvalue weighted by atomic mass is 16.5. The van der Waals surface area contributed by atoms with Gasteiger partial charge in [0.2, 0.25) is 0 Å². The minimum absolute atomic E-state index is 0.100. The number of benzene rings is 2. The highest BCUT2D eigenvalue weighted by Gasteiger charge is 2.09. The van der Waals surface area contributed by atoms with Crippen molar-refractivity contribution in [2.75, 3.05) is 52.5 Å². The predicted molar refractivity (Wildman–Crippen MR) is 156 cm³/mol. The number of aromatic amines is 1. The molecule has 0 aliphatic rings. The third-order valence-electron chi connectivity index (χ3n) is 6.70. The third-order valence-corrected chi connectivity index (χ3v) is 6.70. The van der Waals surface area contributed by atoms with Crippen molar-refractivity contribution in [3.8, 4) is 11.5 Å². The van der Waals surface area contributed by atoms with Crippen LogP contribution in [-0.4, -0.2) is 67.3 Å². The molecule has 0 saturated heterocycles. The first kappa shape index (κ1) is 29.0. The molecule has 0 bridgehead atoms. The van der Waals surface area contributed by atoms with E-state index in [2.05, 4.69) is 42.5 Å². The number of H-pyrrole nitrogens is 1. The molecule has 0 fully saturated rings. The van der Waals surface area contributed by atoms with Gasteiger partial charge >= 0.3 is 0 Å². The molecule has 6 nitrogen and oxygen atoms in total. The molecule has 0 saturated carbocycles.